The third-order valence-electron chi connectivity index (χ3n) is 6.48. The number of aromatic nitrogens is 5. The van der Waals surface area contributed by atoms with E-state index in [4.69, 9.17) is 21.5 Å². The summed E-state index contributed by atoms with van der Waals surface area (Å²) in [7, 11) is 1.66. The second-order valence-electron chi connectivity index (χ2n) is 8.75. The van der Waals surface area contributed by atoms with Crippen LogP contribution >= 0.6 is 12.2 Å². The van der Waals surface area contributed by atoms with Crippen LogP contribution in [0.15, 0.2) is 59.4 Å². The summed E-state index contributed by atoms with van der Waals surface area (Å²) in [4.78, 5) is 9.38. The molecule has 0 radical (unpaired) electrons. The number of rotatable bonds is 7. The van der Waals surface area contributed by atoms with Gasteiger partial charge in [0.1, 0.15) is 12.1 Å². The molecule has 0 amide bonds. The molecule has 10 heteroatoms. The number of aryl methyl sites for hydroxylation is 1. The lowest BCUT2D eigenvalue weighted by molar-refractivity contribution is 0.0684. The Hall–Kier alpha value is -3.34. The fourth-order valence-electron chi connectivity index (χ4n) is 4.29. The maximum atomic E-state index is 5.70. The molecule has 4 aromatic rings. The van der Waals surface area contributed by atoms with Crippen LogP contribution in [-0.4, -0.2) is 67.6 Å². The van der Waals surface area contributed by atoms with Gasteiger partial charge in [-0.25, -0.2) is 4.68 Å². The van der Waals surface area contributed by atoms with Crippen LogP contribution in [0.2, 0.25) is 0 Å². The molecule has 0 aliphatic carbocycles. The maximum absolute atomic E-state index is 5.70. The number of benzene rings is 2. The molecule has 1 aliphatic heterocycles. The van der Waals surface area contributed by atoms with Gasteiger partial charge in [-0.05, 0) is 38.2 Å². The molecule has 9 nitrogen and oxygen atoms in total. The Labute approximate surface area is 209 Å². The summed E-state index contributed by atoms with van der Waals surface area (Å²) in [5.41, 5.74) is 3.05. The van der Waals surface area contributed by atoms with Crippen molar-refractivity contribution in [3.63, 3.8) is 0 Å². The first kappa shape index (κ1) is 23.4. The first-order chi connectivity index (χ1) is 17.0. The highest BCUT2D eigenvalue weighted by molar-refractivity contribution is 7.71. The summed E-state index contributed by atoms with van der Waals surface area (Å²) in [6.45, 7) is 8.40. The number of hydrogen-bond donors (Lipinski definition) is 0. The van der Waals surface area contributed by atoms with E-state index in [9.17, 15) is 0 Å². The molecule has 1 saturated heterocycles. The van der Waals surface area contributed by atoms with Gasteiger partial charge in [-0.2, -0.15) is 10.1 Å². The fraction of sp³-hybridized carbons (Fsp3) is 0.360. The van der Waals surface area contributed by atoms with Gasteiger partial charge >= 0.3 is 0 Å². The van der Waals surface area contributed by atoms with Crippen LogP contribution in [0.25, 0.3) is 17.1 Å². The van der Waals surface area contributed by atoms with Gasteiger partial charge in [0.25, 0.3) is 0 Å². The Kier molecular flexibility index (Phi) is 6.76. The second-order valence-corrected chi connectivity index (χ2v) is 9.11. The lowest BCUT2D eigenvalue weighted by Crippen LogP contribution is -2.47. The average molecular weight is 492 g/mol. The maximum Gasteiger partial charge on any atom is 0.244 e. The van der Waals surface area contributed by atoms with Gasteiger partial charge in [0.15, 0.2) is 0 Å². The molecule has 2 aromatic carbocycles. The van der Waals surface area contributed by atoms with Crippen molar-refractivity contribution in [1.29, 1.82) is 0 Å². The fourth-order valence-corrected chi connectivity index (χ4v) is 4.54. The van der Waals surface area contributed by atoms with Crippen LogP contribution < -0.4 is 4.74 Å². The zero-order valence-electron chi connectivity index (χ0n) is 20.2. The van der Waals surface area contributed by atoms with E-state index in [-0.39, 0.29) is 6.04 Å². The van der Waals surface area contributed by atoms with E-state index in [0.717, 1.165) is 43.2 Å². The monoisotopic (exact) mass is 491 g/mol. The van der Waals surface area contributed by atoms with Gasteiger partial charge in [0, 0.05) is 31.7 Å². The molecule has 0 N–H and O–H groups in total. The predicted molar refractivity (Wildman–Crippen MR) is 135 cm³/mol. The third-order valence-corrected chi connectivity index (χ3v) is 6.88. The highest BCUT2D eigenvalue weighted by Crippen LogP contribution is 2.25. The Morgan fingerprint density at radius 1 is 1.06 bits per heavy atom. The standard InChI is InChI=1S/C25H29N7O2S/c1-18-8-10-20(11-9-18)23-27-24(34-28-23)19(2)30-14-12-29(13-15-30)17-32-25(35)31(16-26-32)21-6-4-5-7-22(21)33-3/h4-11,16,19H,12-15,17H2,1-3H3/t19-/m1/s1. The van der Waals surface area contributed by atoms with Crippen molar-refractivity contribution in [1.82, 2.24) is 34.3 Å². The van der Waals surface area contributed by atoms with Gasteiger partial charge in [0.05, 0.1) is 25.5 Å². The van der Waals surface area contributed by atoms with E-state index in [2.05, 4.69) is 51.0 Å². The van der Waals surface area contributed by atoms with E-state index in [1.165, 1.54) is 5.56 Å². The van der Waals surface area contributed by atoms with E-state index < -0.39 is 0 Å². The van der Waals surface area contributed by atoms with Gasteiger partial charge in [-0.3, -0.25) is 14.4 Å². The molecule has 3 heterocycles. The predicted octanol–water partition coefficient (Wildman–Crippen LogP) is 4.11. The Balaban J connectivity index is 1.20. The topological polar surface area (TPSA) is 77.4 Å². The largest absolute Gasteiger partial charge is 0.495 e. The summed E-state index contributed by atoms with van der Waals surface area (Å²) >= 11 is 5.70. The lowest BCUT2D eigenvalue weighted by Gasteiger charge is -2.36. The smallest absolute Gasteiger partial charge is 0.244 e. The highest BCUT2D eigenvalue weighted by atomic mass is 32.1. The molecular weight excluding hydrogens is 462 g/mol. The zero-order valence-corrected chi connectivity index (χ0v) is 21.0. The third kappa shape index (κ3) is 4.90. The van der Waals surface area contributed by atoms with Crippen LogP contribution in [0.3, 0.4) is 0 Å². The molecule has 35 heavy (non-hydrogen) atoms. The SMILES string of the molecule is COc1ccccc1-n1cnn(CN2CCN([C@H](C)c3nc(-c4ccc(C)cc4)no3)CC2)c1=S. The van der Waals surface area contributed by atoms with Gasteiger partial charge in [-0.1, -0.05) is 47.1 Å². The minimum atomic E-state index is 0.0516. The molecule has 0 bridgehead atoms. The van der Waals surface area contributed by atoms with E-state index >= 15 is 0 Å². The molecule has 182 valence electrons. The molecule has 5 rings (SSSR count). The minimum absolute atomic E-state index is 0.0516. The molecule has 0 saturated carbocycles. The average Bonchev–Trinajstić information content (AvgIpc) is 3.52. The molecule has 0 spiro atoms. The highest BCUT2D eigenvalue weighted by Gasteiger charge is 2.26. The summed E-state index contributed by atoms with van der Waals surface area (Å²) in [5, 5.41) is 8.73. The first-order valence-electron chi connectivity index (χ1n) is 11.7. The van der Waals surface area contributed by atoms with Gasteiger partial charge < -0.3 is 9.26 Å². The van der Waals surface area contributed by atoms with Crippen molar-refractivity contribution < 1.29 is 9.26 Å². The molecule has 0 unspecified atom stereocenters. The zero-order chi connectivity index (χ0) is 24.4. The van der Waals surface area contributed by atoms with E-state index in [1.807, 2.05) is 45.6 Å². The van der Waals surface area contributed by atoms with Crippen LogP contribution in [0.1, 0.15) is 24.4 Å². The Bertz CT molecular complexity index is 1340. The summed E-state index contributed by atoms with van der Waals surface area (Å²) in [6, 6.07) is 16.0. The minimum Gasteiger partial charge on any atom is -0.495 e. The number of hydrogen-bond acceptors (Lipinski definition) is 8. The number of para-hydroxylation sites is 2. The molecule has 1 aliphatic rings. The van der Waals surface area contributed by atoms with Crippen molar-refractivity contribution in [2.75, 3.05) is 33.3 Å². The summed E-state index contributed by atoms with van der Waals surface area (Å²) in [5.74, 6) is 2.04. The first-order valence-corrected chi connectivity index (χ1v) is 12.1. The lowest BCUT2D eigenvalue weighted by atomic mass is 10.1. The van der Waals surface area contributed by atoms with E-state index in [0.29, 0.717) is 23.2 Å². The second kappa shape index (κ2) is 10.1. The van der Waals surface area contributed by atoms with Crippen molar-refractivity contribution >= 4 is 12.2 Å². The van der Waals surface area contributed by atoms with Crippen LogP contribution in [-0.2, 0) is 6.67 Å². The number of methoxy groups -OCH3 is 1. The van der Waals surface area contributed by atoms with Crippen LogP contribution in [0.5, 0.6) is 5.75 Å². The van der Waals surface area contributed by atoms with Crippen molar-refractivity contribution in [2.45, 2.75) is 26.6 Å². The van der Waals surface area contributed by atoms with Gasteiger partial charge in [-0.15, -0.1) is 0 Å². The number of piperazine rings is 1. The van der Waals surface area contributed by atoms with Crippen molar-refractivity contribution in [3.05, 3.63) is 71.1 Å². The van der Waals surface area contributed by atoms with Crippen molar-refractivity contribution in [3.8, 4) is 22.8 Å². The quantitative estimate of drug-likeness (QED) is 0.358. The van der Waals surface area contributed by atoms with Crippen molar-refractivity contribution in [2.24, 2.45) is 0 Å². The Morgan fingerprint density at radius 3 is 2.54 bits per heavy atom. The van der Waals surface area contributed by atoms with Gasteiger partial charge in [0.2, 0.25) is 16.5 Å². The summed E-state index contributed by atoms with van der Waals surface area (Å²) < 4.78 is 15.5. The molecule has 1 fully saturated rings. The number of ether oxygens (including phenoxy) is 1. The normalized spacial score (nSPS) is 15.9. The summed E-state index contributed by atoms with van der Waals surface area (Å²) in [6.07, 6.45) is 1.75. The molecule has 2 aromatic heterocycles. The molecular formula is C25H29N7O2S. The van der Waals surface area contributed by atoms with E-state index in [1.54, 1.807) is 13.4 Å². The molecule has 1 atom stereocenters. The Morgan fingerprint density at radius 2 is 1.80 bits per heavy atom. The number of nitrogens with zero attached hydrogens (tertiary/aromatic N) is 7. The van der Waals surface area contributed by atoms with Crippen LogP contribution in [0.4, 0.5) is 0 Å². The van der Waals surface area contributed by atoms with Crippen LogP contribution in [0, 0.1) is 11.7 Å².